The second kappa shape index (κ2) is 14.6. The first kappa shape index (κ1) is 22.7. The smallest absolute Gasteiger partial charge is 0.370 e. The molecule has 0 heterocycles. The molecule has 0 aliphatic carbocycles. The van der Waals surface area contributed by atoms with Crippen molar-refractivity contribution in [2.24, 2.45) is 11.5 Å². The van der Waals surface area contributed by atoms with Gasteiger partial charge in [0.05, 0.1) is 6.10 Å². The summed E-state index contributed by atoms with van der Waals surface area (Å²) in [6.45, 7) is 3.22. The first-order valence-electron chi connectivity index (χ1n) is 5.00. The molecule has 19 heavy (non-hydrogen) atoms. The summed E-state index contributed by atoms with van der Waals surface area (Å²) in [5.41, 5.74) is 8.94. The van der Waals surface area contributed by atoms with Crippen molar-refractivity contribution in [1.29, 1.82) is 5.41 Å². The van der Waals surface area contributed by atoms with Gasteiger partial charge in [-0.25, -0.2) is 9.67 Å². The van der Waals surface area contributed by atoms with E-state index >= 15 is 0 Å². The third kappa shape index (κ3) is 169. The summed E-state index contributed by atoms with van der Waals surface area (Å²) in [4.78, 5) is 21.6. The molecule has 0 aliphatic heterocycles. The summed E-state index contributed by atoms with van der Waals surface area (Å²) >= 11 is 0. The second-order valence-corrected chi connectivity index (χ2v) is 4.20. The predicted molar refractivity (Wildman–Crippen MR) is 72.6 cm³/mol. The standard InChI is InChI=1S/C6H6.C3H7O.CH5N3.H3O4P/c1-2-4-6-5-3-1;1-3(2)4;2-1(3)4;1-5(2,3)4/h1-6H;3H,1-2H3;(H5,2,3,4);(H3,1,2,3,4). The Labute approximate surface area is 112 Å². The fourth-order valence-corrected chi connectivity index (χ4v) is 0.385. The molecule has 0 spiro atoms. The van der Waals surface area contributed by atoms with E-state index in [2.05, 4.69) is 11.5 Å². The largest absolute Gasteiger partial charge is 0.466 e. The normalized spacial score (nSPS) is 8.79. The minimum atomic E-state index is -4.64. The Morgan fingerprint density at radius 1 is 1.00 bits per heavy atom. The fourth-order valence-electron chi connectivity index (χ4n) is 0.385. The van der Waals surface area contributed by atoms with E-state index in [0.717, 1.165) is 0 Å². The molecule has 8 N–H and O–H groups in total. The topological polar surface area (TPSA) is 174 Å². The van der Waals surface area contributed by atoms with Crippen molar-refractivity contribution in [1.82, 2.24) is 0 Å². The quantitative estimate of drug-likeness (QED) is 0.230. The van der Waals surface area contributed by atoms with E-state index in [0.29, 0.717) is 0 Å². The van der Waals surface area contributed by atoms with Gasteiger partial charge in [0, 0.05) is 0 Å². The van der Waals surface area contributed by atoms with E-state index in [-0.39, 0.29) is 5.96 Å². The van der Waals surface area contributed by atoms with Gasteiger partial charge >= 0.3 is 7.82 Å². The molecule has 1 radical (unpaired) electrons. The van der Waals surface area contributed by atoms with Crippen LogP contribution in [0, 0.1) is 5.41 Å². The monoisotopic (exact) mass is 294 g/mol. The molecule has 0 fully saturated rings. The Hall–Kier alpha value is -1.44. The molecule has 9 heteroatoms. The van der Waals surface area contributed by atoms with Crippen LogP contribution in [0.5, 0.6) is 0 Å². The SMILES string of the molecule is CC(C)[O].N=C(N)N.O=P(O)(O)O.c1ccccc1. The zero-order valence-electron chi connectivity index (χ0n) is 10.8. The van der Waals surface area contributed by atoms with Gasteiger partial charge in [-0.1, -0.05) is 36.4 Å². The lowest BCUT2D eigenvalue weighted by Gasteiger charge is -1.82. The van der Waals surface area contributed by atoms with Crippen LogP contribution in [0.3, 0.4) is 0 Å². The van der Waals surface area contributed by atoms with Gasteiger partial charge in [0.25, 0.3) is 0 Å². The van der Waals surface area contributed by atoms with Crippen LogP contribution < -0.4 is 11.5 Å². The van der Waals surface area contributed by atoms with Crippen LogP contribution in [0.1, 0.15) is 13.8 Å². The van der Waals surface area contributed by atoms with E-state index in [9.17, 15) is 5.11 Å². The summed E-state index contributed by atoms with van der Waals surface area (Å²) < 4.78 is 8.88. The molecule has 8 nitrogen and oxygen atoms in total. The van der Waals surface area contributed by atoms with Crippen molar-refractivity contribution < 1.29 is 24.4 Å². The lowest BCUT2D eigenvalue weighted by molar-refractivity contribution is 0.122. The Kier molecular flexibility index (Phi) is 17.5. The Morgan fingerprint density at radius 2 is 1.05 bits per heavy atom. The summed E-state index contributed by atoms with van der Waals surface area (Å²) in [7, 11) is -4.64. The minimum absolute atomic E-state index is 0.333. The summed E-state index contributed by atoms with van der Waals surface area (Å²) in [5.74, 6) is -0.333. The van der Waals surface area contributed by atoms with Crippen molar-refractivity contribution in [3.8, 4) is 0 Å². The maximum Gasteiger partial charge on any atom is 0.466 e. The number of hydrogen-bond acceptors (Lipinski definition) is 2. The molecule has 0 saturated carbocycles. The minimum Gasteiger partial charge on any atom is -0.370 e. The van der Waals surface area contributed by atoms with Crippen LogP contribution in [0.4, 0.5) is 0 Å². The molecule has 1 rings (SSSR count). The van der Waals surface area contributed by atoms with Gasteiger partial charge in [0.15, 0.2) is 5.96 Å². The summed E-state index contributed by atoms with van der Waals surface area (Å²) in [6.07, 6.45) is -0.417. The molecule has 0 atom stereocenters. The molecule has 0 bridgehead atoms. The van der Waals surface area contributed by atoms with E-state index in [1.165, 1.54) is 0 Å². The Morgan fingerprint density at radius 3 is 1.11 bits per heavy atom. The zero-order chi connectivity index (χ0) is 15.9. The average Bonchev–Trinajstić information content (AvgIpc) is 2.15. The van der Waals surface area contributed by atoms with E-state index in [4.69, 9.17) is 24.7 Å². The number of nitrogens with one attached hydrogen (secondary N) is 1. The lowest BCUT2D eigenvalue weighted by Crippen LogP contribution is -2.20. The number of nitrogens with two attached hydrogens (primary N) is 2. The molecule has 0 unspecified atom stereocenters. The Balaban J connectivity index is -0.000000184. The molecule has 1 aromatic rings. The molecule has 0 aromatic heterocycles. The van der Waals surface area contributed by atoms with Crippen LogP contribution in [-0.4, -0.2) is 26.7 Å². The van der Waals surface area contributed by atoms with Gasteiger partial charge in [0.2, 0.25) is 0 Å². The third-order valence-electron chi connectivity index (χ3n) is 0.667. The highest BCUT2D eigenvalue weighted by Gasteiger charge is 2.00. The number of phosphoric acid groups is 1. The summed E-state index contributed by atoms with van der Waals surface area (Å²) in [6, 6.07) is 12.0. The van der Waals surface area contributed by atoms with Gasteiger partial charge in [0.1, 0.15) is 0 Å². The fraction of sp³-hybridized carbons (Fsp3) is 0.300. The van der Waals surface area contributed by atoms with Crippen LogP contribution in [0.2, 0.25) is 0 Å². The van der Waals surface area contributed by atoms with Crippen molar-refractivity contribution in [2.75, 3.05) is 0 Å². The van der Waals surface area contributed by atoms with Crippen molar-refractivity contribution in [2.45, 2.75) is 20.0 Å². The van der Waals surface area contributed by atoms with Gasteiger partial charge in [-0.3, -0.25) is 5.41 Å². The molecule has 0 aliphatic rings. The van der Waals surface area contributed by atoms with Crippen molar-refractivity contribution in [3.05, 3.63) is 36.4 Å². The molecule has 0 amide bonds. The van der Waals surface area contributed by atoms with Gasteiger partial charge < -0.3 is 26.1 Å². The zero-order valence-corrected chi connectivity index (χ0v) is 11.7. The average molecular weight is 294 g/mol. The molecule has 111 valence electrons. The molecular weight excluding hydrogens is 273 g/mol. The maximum absolute atomic E-state index is 9.53. The molecule has 0 saturated heterocycles. The first-order valence-corrected chi connectivity index (χ1v) is 6.57. The predicted octanol–water partition coefficient (Wildman–Crippen LogP) is 0.422. The van der Waals surface area contributed by atoms with Crippen LogP contribution in [0.25, 0.3) is 0 Å². The molecule has 1 aromatic carbocycles. The van der Waals surface area contributed by atoms with E-state index < -0.39 is 13.9 Å². The van der Waals surface area contributed by atoms with Crippen molar-refractivity contribution >= 4 is 13.8 Å². The van der Waals surface area contributed by atoms with E-state index in [1.54, 1.807) is 13.8 Å². The summed E-state index contributed by atoms with van der Waals surface area (Å²) in [5, 5.41) is 15.6. The first-order chi connectivity index (χ1) is 8.46. The highest BCUT2D eigenvalue weighted by Crippen LogP contribution is 2.25. The van der Waals surface area contributed by atoms with E-state index in [1.807, 2.05) is 36.4 Å². The number of hydrogen-bond donors (Lipinski definition) is 6. The van der Waals surface area contributed by atoms with Gasteiger partial charge in [-0.15, -0.1) is 0 Å². The highest BCUT2D eigenvalue weighted by atomic mass is 31.2. The number of rotatable bonds is 0. The van der Waals surface area contributed by atoms with Gasteiger partial charge in [-0.2, -0.15) is 0 Å². The Bertz CT molecular complexity index is 301. The number of benzene rings is 1. The highest BCUT2D eigenvalue weighted by molar-refractivity contribution is 7.45. The molecular formula is C10H21N3O5P. The van der Waals surface area contributed by atoms with Crippen LogP contribution in [0.15, 0.2) is 36.4 Å². The maximum atomic E-state index is 9.53. The lowest BCUT2D eigenvalue weighted by atomic mass is 10.4. The second-order valence-electron chi connectivity index (χ2n) is 3.17. The van der Waals surface area contributed by atoms with Gasteiger partial charge in [-0.05, 0) is 13.8 Å². The van der Waals surface area contributed by atoms with Crippen LogP contribution in [-0.2, 0) is 9.67 Å². The number of guanidine groups is 1. The third-order valence-corrected chi connectivity index (χ3v) is 0.667. The van der Waals surface area contributed by atoms with Crippen molar-refractivity contribution in [3.63, 3.8) is 0 Å². The van der Waals surface area contributed by atoms with Crippen LogP contribution >= 0.6 is 7.82 Å².